The van der Waals surface area contributed by atoms with Crippen LogP contribution in [-0.2, 0) is 116 Å². The summed E-state index contributed by atoms with van der Waals surface area (Å²) >= 11 is 0. The summed E-state index contributed by atoms with van der Waals surface area (Å²) in [7, 11) is 6.07. The van der Waals surface area contributed by atoms with Crippen LogP contribution in [0.1, 0.15) is 151 Å². The molecule has 121 heavy (non-hydrogen) atoms. The average Bonchev–Trinajstić information content (AvgIpc) is 1.77. The molecule has 0 aliphatic carbocycles. The summed E-state index contributed by atoms with van der Waals surface area (Å²) in [6.07, 6.45) is -1.27. The fourth-order valence-electron chi connectivity index (χ4n) is 13.7. The lowest BCUT2D eigenvalue weighted by Gasteiger charge is -2.41. The molecule has 2 heterocycles. The number of likely N-dealkylation sites (tertiary alicyclic amines) is 1. The van der Waals surface area contributed by atoms with Crippen molar-refractivity contribution in [3.05, 3.63) is 65.7 Å². The van der Waals surface area contributed by atoms with Gasteiger partial charge in [0.25, 0.3) is 11.8 Å². The van der Waals surface area contributed by atoms with Crippen molar-refractivity contribution in [3.8, 4) is 0 Å². The number of rotatable bonds is 63. The third-order valence-corrected chi connectivity index (χ3v) is 20.6. The first-order chi connectivity index (χ1) is 57.9. The van der Waals surface area contributed by atoms with Crippen molar-refractivity contribution < 1.29 is 124 Å². The van der Waals surface area contributed by atoms with Crippen LogP contribution >= 0.6 is 0 Å². The van der Waals surface area contributed by atoms with Gasteiger partial charge in [0, 0.05) is 66.4 Å². The van der Waals surface area contributed by atoms with Gasteiger partial charge in [0.2, 0.25) is 41.4 Å². The van der Waals surface area contributed by atoms with Gasteiger partial charge in [0.05, 0.1) is 174 Å². The molecule has 1 unspecified atom stereocenters. The van der Waals surface area contributed by atoms with E-state index in [9.17, 15) is 62.6 Å². The van der Waals surface area contributed by atoms with Crippen LogP contribution in [0.5, 0.6) is 0 Å². The monoisotopic (exact) mass is 1720 g/mol. The van der Waals surface area contributed by atoms with Gasteiger partial charge in [0.15, 0.2) is 0 Å². The zero-order chi connectivity index (χ0) is 89.3. The van der Waals surface area contributed by atoms with Crippen LogP contribution in [0.15, 0.2) is 54.6 Å². The van der Waals surface area contributed by atoms with E-state index in [1.165, 1.54) is 26.2 Å². The molecule has 2 aliphatic rings. The minimum absolute atomic E-state index is 0.0302. The Balaban J connectivity index is 1.15. The maximum Gasteiger partial charge on any atom is 0.410 e. The molecule has 12 amide bonds. The zero-order valence-corrected chi connectivity index (χ0v) is 73.3. The molecule has 2 saturated heterocycles. The highest BCUT2D eigenvalue weighted by atomic mass is 16.7. The van der Waals surface area contributed by atoms with Gasteiger partial charge in [-0.25, -0.2) is 14.4 Å². The number of hydrogen-bond donors (Lipinski definition) is 8. The fourth-order valence-corrected chi connectivity index (χ4v) is 13.7. The molecule has 0 spiro atoms. The van der Waals surface area contributed by atoms with E-state index in [1.54, 1.807) is 109 Å². The Morgan fingerprint density at radius 3 is 1.57 bits per heavy atom. The van der Waals surface area contributed by atoms with E-state index in [0.29, 0.717) is 134 Å². The second-order valence-electron chi connectivity index (χ2n) is 30.9. The van der Waals surface area contributed by atoms with Crippen molar-refractivity contribution in [2.24, 2.45) is 35.3 Å². The van der Waals surface area contributed by atoms with Crippen LogP contribution in [0.4, 0.5) is 15.3 Å². The number of nitrogens with one attached hydrogen (secondary N) is 6. The summed E-state index contributed by atoms with van der Waals surface area (Å²) in [5, 5.41) is 28.2. The predicted molar refractivity (Wildman–Crippen MR) is 443 cm³/mol. The number of ether oxygens (including phenoxy) is 12. The van der Waals surface area contributed by atoms with Crippen LogP contribution < -0.4 is 37.6 Å². The SMILES string of the molecule is CCC(C)[C@@H]([C@@H](CC(=O)N1CCC[C@H]1[C@H](OC)[C@@H](C)C(=O)N[C@H](C)[C@@H](O)c1ccccc1)OC)N(C)C(=O)[C@@H](NC(=O)[C@H](C(C)C)N(C)C(=O)OCc1ccc(NC(=O)[C@H](CCCNC(N)=O)NC(=O)[C@@H](NC(=O)CCOCCOCCOCCOCCOCCOCCOCCOCCOCCC(=O)ON2C(=O)CCC2=O)C(C)C)cc1)C(C)C. The van der Waals surface area contributed by atoms with Gasteiger partial charge in [-0.3, -0.25) is 48.1 Å². The van der Waals surface area contributed by atoms with E-state index in [4.69, 9.17) is 67.4 Å². The van der Waals surface area contributed by atoms with Gasteiger partial charge in [-0.2, -0.15) is 0 Å². The number of amides is 12. The molecule has 0 saturated carbocycles. The summed E-state index contributed by atoms with van der Waals surface area (Å²) in [6.45, 7) is 23.7. The standard InChI is InChI=1S/C84H137N11O26/c1-15-58(8)75(66(109-13)53-70(99)94-34-20-24-65(94)77(110-14)59(9)78(102)87-60(10)76(101)62-21-17-16-18-22-62)92(11)82(106)73(56(4)5)91-81(105)74(57(6)7)93(12)84(108)120-54-61-25-27-63(28-26-61)88-79(103)64(23-19-33-86-83(85)107)89-80(104)72(55(2)3)90-67(96)31-35-111-37-39-113-41-43-115-45-47-117-49-51-119-52-50-118-48-46-116-44-42-114-40-38-112-36-32-71(100)121-95-68(97)29-30-69(95)98/h16-18,21-22,25-28,55-60,64-66,72-77,101H,15,19-20,23-24,29-54H2,1-14H3,(H,87,102)(H,88,103)(H,89,104)(H,90,96)(H,91,105)(H3,85,86,107)/t58?,59-,60-,64+,65+,66-,72+,73+,74+,75+,76-,77-/m1/s1. The summed E-state index contributed by atoms with van der Waals surface area (Å²) in [5.41, 5.74) is 6.79. The molecule has 12 atom stereocenters. The first kappa shape index (κ1) is 105. The highest BCUT2D eigenvalue weighted by Crippen LogP contribution is 2.31. The minimum atomic E-state index is -1.13. The summed E-state index contributed by atoms with van der Waals surface area (Å²) < 4.78 is 67.2. The third-order valence-electron chi connectivity index (χ3n) is 20.6. The van der Waals surface area contributed by atoms with Gasteiger partial charge < -0.3 is 114 Å². The number of anilines is 1. The lowest BCUT2D eigenvalue weighted by molar-refractivity contribution is -0.198. The number of aliphatic hydroxyl groups excluding tert-OH is 1. The number of urea groups is 1. The van der Waals surface area contributed by atoms with E-state index < -0.39 is 144 Å². The van der Waals surface area contributed by atoms with E-state index in [1.807, 2.05) is 32.0 Å². The van der Waals surface area contributed by atoms with E-state index in [-0.39, 0.29) is 109 Å². The normalized spacial score (nSPS) is 16.3. The molecule has 2 fully saturated rings. The van der Waals surface area contributed by atoms with Gasteiger partial charge >= 0.3 is 18.1 Å². The van der Waals surface area contributed by atoms with Crippen molar-refractivity contribution in [1.29, 1.82) is 0 Å². The fraction of sp³-hybridized carbons (Fsp3) is 0.714. The number of aliphatic hydroxyl groups is 1. The molecule has 2 aromatic rings. The Labute approximate surface area is 712 Å². The molecule has 2 aromatic carbocycles. The number of carbonyl (C=O) groups excluding carboxylic acids is 12. The molecule has 684 valence electrons. The number of nitrogens with two attached hydrogens (primary N) is 1. The lowest BCUT2D eigenvalue weighted by Crippen LogP contribution is -2.60. The smallest absolute Gasteiger partial charge is 0.410 e. The Hall–Kier alpha value is -8.60. The molecule has 0 radical (unpaired) electrons. The molecule has 0 aromatic heterocycles. The Morgan fingerprint density at radius 2 is 1.09 bits per heavy atom. The molecule has 37 nitrogen and oxygen atoms in total. The van der Waals surface area contributed by atoms with Crippen molar-refractivity contribution in [3.63, 3.8) is 0 Å². The number of methoxy groups -OCH3 is 2. The number of benzene rings is 2. The summed E-state index contributed by atoms with van der Waals surface area (Å²) in [6, 6.07) is 8.63. The van der Waals surface area contributed by atoms with Gasteiger partial charge in [-0.05, 0) is 79.5 Å². The molecule has 2 aliphatic heterocycles. The number of hydroxylamine groups is 2. The van der Waals surface area contributed by atoms with Gasteiger partial charge in [-0.15, -0.1) is 5.06 Å². The number of nitrogens with zero attached hydrogens (tertiary/aromatic N) is 4. The van der Waals surface area contributed by atoms with E-state index in [0.717, 1.165) is 0 Å². The van der Waals surface area contributed by atoms with Gasteiger partial charge in [-0.1, -0.05) is 111 Å². The summed E-state index contributed by atoms with van der Waals surface area (Å²) in [5.74, 6) is -7.25. The van der Waals surface area contributed by atoms with Crippen LogP contribution in [-0.4, -0.2) is 311 Å². The predicted octanol–water partition coefficient (Wildman–Crippen LogP) is 4.13. The van der Waals surface area contributed by atoms with Crippen molar-refractivity contribution in [2.45, 2.75) is 201 Å². The van der Waals surface area contributed by atoms with E-state index >= 15 is 0 Å². The maximum absolute atomic E-state index is 14.9. The molecular formula is C84H137N11O26. The number of hydrogen-bond acceptors (Lipinski definition) is 26. The van der Waals surface area contributed by atoms with Crippen LogP contribution in [0, 0.1) is 29.6 Å². The maximum atomic E-state index is 14.9. The lowest BCUT2D eigenvalue weighted by atomic mass is 9.89. The van der Waals surface area contributed by atoms with Crippen LogP contribution in [0.2, 0.25) is 0 Å². The highest BCUT2D eigenvalue weighted by Gasteiger charge is 2.45. The number of likely N-dealkylation sites (N-methyl/N-ethyl adjacent to an activating group) is 2. The number of primary amides is 1. The average molecular weight is 1720 g/mol. The van der Waals surface area contributed by atoms with E-state index in [2.05, 4.69) is 31.9 Å². The molecule has 9 N–H and O–H groups in total. The van der Waals surface area contributed by atoms with Crippen molar-refractivity contribution in [1.82, 2.24) is 46.3 Å². The minimum Gasteiger partial charge on any atom is -0.445 e. The van der Waals surface area contributed by atoms with Crippen LogP contribution in [0.25, 0.3) is 0 Å². The van der Waals surface area contributed by atoms with Crippen molar-refractivity contribution >= 4 is 76.9 Å². The first-order valence-electron chi connectivity index (χ1n) is 42.0. The Bertz CT molecular complexity index is 3420. The second kappa shape index (κ2) is 58.5. The number of imide groups is 1. The highest BCUT2D eigenvalue weighted by molar-refractivity contribution is 6.02. The largest absolute Gasteiger partial charge is 0.445 e. The quantitative estimate of drug-likeness (QED) is 0.0341. The Kier molecular flexibility index (Phi) is 50.6. The number of carbonyl (C=O) groups is 12. The molecule has 4 rings (SSSR count). The molecule has 0 bridgehead atoms. The molecular weight excluding hydrogens is 1580 g/mol. The Morgan fingerprint density at radius 1 is 0.579 bits per heavy atom. The molecule has 37 heteroatoms. The summed E-state index contributed by atoms with van der Waals surface area (Å²) in [4.78, 5) is 168. The first-order valence-corrected chi connectivity index (χ1v) is 42.0. The topological polar surface area (TPSA) is 456 Å². The van der Waals surface area contributed by atoms with Crippen molar-refractivity contribution in [2.75, 3.05) is 166 Å². The van der Waals surface area contributed by atoms with Gasteiger partial charge in [0.1, 0.15) is 30.8 Å². The second-order valence-corrected chi connectivity index (χ2v) is 30.9. The van der Waals surface area contributed by atoms with Crippen LogP contribution in [0.3, 0.4) is 0 Å². The third kappa shape index (κ3) is 38.4. The zero-order valence-electron chi connectivity index (χ0n) is 73.3.